The smallest absolute Gasteiger partial charge is 0.266 e. The highest BCUT2D eigenvalue weighted by molar-refractivity contribution is 7.93. The zero-order chi connectivity index (χ0) is 24.9. The number of fused-ring (bicyclic) bond motifs is 1. The van der Waals surface area contributed by atoms with Crippen LogP contribution in [0.15, 0.2) is 94.6 Å². The predicted molar refractivity (Wildman–Crippen MR) is 135 cm³/mol. The number of aromatic nitrogens is 1. The first-order chi connectivity index (χ1) is 16.7. The minimum absolute atomic E-state index is 0.0440. The molecule has 178 valence electrons. The van der Waals surface area contributed by atoms with Crippen LogP contribution in [0.2, 0.25) is 10.0 Å². The first-order valence-electron chi connectivity index (χ1n) is 10.7. The number of anilines is 1. The van der Waals surface area contributed by atoms with E-state index >= 15 is 0 Å². The molecule has 2 unspecified atom stereocenters. The van der Waals surface area contributed by atoms with Gasteiger partial charge < -0.3 is 0 Å². The summed E-state index contributed by atoms with van der Waals surface area (Å²) in [5.41, 5.74) is 1.26. The highest BCUT2D eigenvalue weighted by atomic mass is 35.5. The van der Waals surface area contributed by atoms with Crippen molar-refractivity contribution in [2.24, 2.45) is 0 Å². The Balaban J connectivity index is 1.82. The quantitative estimate of drug-likeness (QED) is 0.319. The lowest BCUT2D eigenvalue weighted by Gasteiger charge is -2.29. The van der Waals surface area contributed by atoms with Crippen molar-refractivity contribution in [2.45, 2.75) is 23.9 Å². The molecule has 0 aliphatic carbocycles. The number of nitrogens with zero attached hydrogens (tertiary/aromatic N) is 2. The van der Waals surface area contributed by atoms with E-state index in [1.807, 2.05) is 0 Å². The predicted octanol–water partition coefficient (Wildman–Crippen LogP) is 6.14. The third-order valence-corrected chi connectivity index (χ3v) is 8.57. The average Bonchev–Trinajstić information content (AvgIpc) is 3.17. The molecule has 5 nitrogen and oxygen atoms in total. The first kappa shape index (κ1) is 23.6. The number of rotatable bonds is 4. The lowest BCUT2D eigenvalue weighted by Crippen LogP contribution is -2.34. The maximum absolute atomic E-state index is 14.2. The number of benzene rings is 3. The summed E-state index contributed by atoms with van der Waals surface area (Å²) in [6, 6.07) is 20.3. The summed E-state index contributed by atoms with van der Waals surface area (Å²) in [6.07, 6.45) is 0. The van der Waals surface area contributed by atoms with Gasteiger partial charge in [-0.15, -0.1) is 0 Å². The number of pyridine rings is 1. The van der Waals surface area contributed by atoms with E-state index in [4.69, 9.17) is 23.2 Å². The SMILES string of the molecule is Cc1cc(F)ccc1S(=O)(=O)N1c2cccc(=O)n2C(c2ccc(Cl)cc2)C1c1ccc(Cl)cc1. The van der Waals surface area contributed by atoms with E-state index in [1.54, 1.807) is 54.6 Å². The second kappa shape index (κ2) is 8.82. The molecule has 0 bridgehead atoms. The summed E-state index contributed by atoms with van der Waals surface area (Å²) in [6.45, 7) is 1.54. The monoisotopic (exact) mass is 528 g/mol. The molecular weight excluding hydrogens is 510 g/mol. The normalized spacial score (nSPS) is 17.4. The summed E-state index contributed by atoms with van der Waals surface area (Å²) >= 11 is 12.2. The van der Waals surface area contributed by atoms with Crippen molar-refractivity contribution >= 4 is 39.0 Å². The Bertz CT molecular complexity index is 1590. The van der Waals surface area contributed by atoms with Gasteiger partial charge in [0.05, 0.1) is 17.0 Å². The summed E-state index contributed by atoms with van der Waals surface area (Å²) in [5.74, 6) is -0.325. The fraction of sp³-hybridized carbons (Fsp3) is 0.115. The standard InChI is InChI=1S/C26H19Cl2FN2O3S/c1-16-15-21(29)13-14-22(16)35(33,34)31-23-3-2-4-24(32)30(23)25(17-5-9-19(27)10-6-17)26(31)18-7-11-20(28)12-8-18/h2-15,25-26H,1H3. The molecule has 2 heterocycles. The van der Waals surface area contributed by atoms with E-state index in [0.717, 1.165) is 6.07 Å². The molecule has 0 radical (unpaired) electrons. The van der Waals surface area contributed by atoms with Gasteiger partial charge in [-0.1, -0.05) is 53.5 Å². The maximum atomic E-state index is 14.2. The Morgan fingerprint density at radius 1 is 0.800 bits per heavy atom. The van der Waals surface area contributed by atoms with Gasteiger partial charge in [-0.2, -0.15) is 0 Å². The van der Waals surface area contributed by atoms with Gasteiger partial charge in [0.15, 0.2) is 0 Å². The molecular formula is C26H19Cl2FN2O3S. The molecule has 0 fully saturated rings. The van der Waals surface area contributed by atoms with Gasteiger partial charge in [-0.3, -0.25) is 9.36 Å². The molecule has 0 spiro atoms. The van der Waals surface area contributed by atoms with E-state index in [0.29, 0.717) is 21.2 Å². The van der Waals surface area contributed by atoms with E-state index in [9.17, 15) is 17.6 Å². The Hall–Kier alpha value is -3.13. The molecule has 3 aromatic carbocycles. The summed E-state index contributed by atoms with van der Waals surface area (Å²) in [7, 11) is -4.22. The van der Waals surface area contributed by atoms with Crippen LogP contribution in [0.3, 0.4) is 0 Å². The molecule has 4 aromatic rings. The first-order valence-corrected chi connectivity index (χ1v) is 12.9. The molecule has 0 N–H and O–H groups in total. The molecule has 1 aliphatic heterocycles. The molecule has 5 rings (SSSR count). The van der Waals surface area contributed by atoms with Gasteiger partial charge in [0.1, 0.15) is 11.6 Å². The van der Waals surface area contributed by atoms with Gasteiger partial charge in [0.2, 0.25) is 0 Å². The number of aryl methyl sites for hydroxylation is 1. The van der Waals surface area contributed by atoms with Crippen LogP contribution < -0.4 is 9.86 Å². The van der Waals surface area contributed by atoms with Gasteiger partial charge in [-0.25, -0.2) is 17.1 Å². The van der Waals surface area contributed by atoms with Crippen LogP contribution in [-0.2, 0) is 10.0 Å². The zero-order valence-corrected chi connectivity index (χ0v) is 20.7. The van der Waals surface area contributed by atoms with Gasteiger partial charge in [0.25, 0.3) is 15.6 Å². The molecule has 0 amide bonds. The minimum Gasteiger partial charge on any atom is -0.284 e. The molecule has 0 saturated heterocycles. The van der Waals surface area contributed by atoms with Crippen molar-refractivity contribution in [1.82, 2.24) is 4.57 Å². The third kappa shape index (κ3) is 4.03. The van der Waals surface area contributed by atoms with Crippen LogP contribution in [0.5, 0.6) is 0 Å². The molecule has 35 heavy (non-hydrogen) atoms. The number of halogens is 3. The molecule has 1 aromatic heterocycles. The Kier molecular flexibility index (Phi) is 5.95. The Morgan fingerprint density at radius 2 is 1.37 bits per heavy atom. The second-order valence-electron chi connectivity index (χ2n) is 8.30. The number of hydrogen-bond donors (Lipinski definition) is 0. The highest BCUT2D eigenvalue weighted by Gasteiger charge is 2.47. The number of sulfonamides is 1. The van der Waals surface area contributed by atoms with Gasteiger partial charge in [0, 0.05) is 16.1 Å². The average molecular weight is 529 g/mol. The van der Waals surface area contributed by atoms with Crippen molar-refractivity contribution in [3.05, 3.63) is 128 Å². The van der Waals surface area contributed by atoms with Gasteiger partial charge in [-0.05, 0) is 72.1 Å². The summed E-state index contributed by atoms with van der Waals surface area (Å²) in [4.78, 5) is 13.1. The fourth-order valence-corrected chi connectivity index (χ4v) is 6.71. The van der Waals surface area contributed by atoms with Crippen molar-refractivity contribution < 1.29 is 12.8 Å². The lowest BCUT2D eigenvalue weighted by atomic mass is 9.94. The van der Waals surface area contributed by atoms with Gasteiger partial charge >= 0.3 is 0 Å². The topological polar surface area (TPSA) is 59.4 Å². The van der Waals surface area contributed by atoms with Crippen molar-refractivity contribution in [3.63, 3.8) is 0 Å². The molecule has 1 aliphatic rings. The van der Waals surface area contributed by atoms with Crippen LogP contribution in [0.25, 0.3) is 0 Å². The van der Waals surface area contributed by atoms with E-state index in [2.05, 4.69) is 0 Å². The molecule has 2 atom stereocenters. The van der Waals surface area contributed by atoms with E-state index in [-0.39, 0.29) is 21.8 Å². The summed E-state index contributed by atoms with van der Waals surface area (Å²) < 4.78 is 44.9. The fourth-order valence-electron chi connectivity index (χ4n) is 4.61. The van der Waals surface area contributed by atoms with E-state index in [1.165, 1.54) is 40.1 Å². The van der Waals surface area contributed by atoms with Crippen molar-refractivity contribution in [2.75, 3.05) is 4.31 Å². The van der Waals surface area contributed by atoms with Crippen LogP contribution in [0, 0.1) is 12.7 Å². The maximum Gasteiger partial charge on any atom is 0.266 e. The van der Waals surface area contributed by atoms with Crippen LogP contribution in [0.4, 0.5) is 10.2 Å². The van der Waals surface area contributed by atoms with Crippen molar-refractivity contribution in [3.8, 4) is 0 Å². The highest BCUT2D eigenvalue weighted by Crippen LogP contribution is 2.49. The third-order valence-electron chi connectivity index (χ3n) is 6.12. The molecule has 0 saturated carbocycles. The van der Waals surface area contributed by atoms with Crippen LogP contribution >= 0.6 is 23.2 Å². The zero-order valence-electron chi connectivity index (χ0n) is 18.4. The van der Waals surface area contributed by atoms with E-state index < -0.39 is 27.9 Å². The Morgan fingerprint density at radius 3 is 1.94 bits per heavy atom. The second-order valence-corrected chi connectivity index (χ2v) is 11.0. The number of hydrogen-bond acceptors (Lipinski definition) is 3. The minimum atomic E-state index is -4.22. The lowest BCUT2D eigenvalue weighted by molar-refractivity contribution is 0.529. The Labute approximate surface area is 212 Å². The van der Waals surface area contributed by atoms with Crippen molar-refractivity contribution in [1.29, 1.82) is 0 Å². The molecule has 9 heteroatoms. The van der Waals surface area contributed by atoms with Crippen LogP contribution in [-0.4, -0.2) is 13.0 Å². The summed E-state index contributed by atoms with van der Waals surface area (Å²) in [5, 5.41) is 1.01. The van der Waals surface area contributed by atoms with Crippen LogP contribution in [0.1, 0.15) is 28.8 Å². The largest absolute Gasteiger partial charge is 0.284 e.